The average molecular weight is 177 g/mol. The number of rotatable bonds is 4. The van der Waals surface area contributed by atoms with Crippen molar-refractivity contribution in [2.24, 2.45) is 5.92 Å². The molecule has 1 N–H and O–H groups in total. The zero-order chi connectivity index (χ0) is 8.85. The summed E-state index contributed by atoms with van der Waals surface area (Å²) in [7, 11) is 0. The number of aliphatic carboxylic acids is 1. The fraction of sp³-hybridized carbons (Fsp3) is 0.625. The Balaban J connectivity index is 3.85. The number of hydrogen-bond acceptors (Lipinski definition) is 1. The first-order valence-electron chi connectivity index (χ1n) is 3.63. The SMILES string of the molecule is CCC(C)C(Cl)C=CC(=O)O. The second-order valence-electron chi connectivity index (χ2n) is 2.53. The van der Waals surface area contributed by atoms with Crippen molar-refractivity contribution in [3.05, 3.63) is 12.2 Å². The molecule has 0 amide bonds. The first-order chi connectivity index (χ1) is 5.07. The van der Waals surface area contributed by atoms with Crippen molar-refractivity contribution in [2.75, 3.05) is 0 Å². The van der Waals surface area contributed by atoms with Crippen molar-refractivity contribution in [1.82, 2.24) is 0 Å². The van der Waals surface area contributed by atoms with E-state index in [0.29, 0.717) is 5.92 Å². The van der Waals surface area contributed by atoms with Crippen LogP contribution in [0.5, 0.6) is 0 Å². The summed E-state index contributed by atoms with van der Waals surface area (Å²) in [6, 6.07) is 0. The minimum absolute atomic E-state index is 0.170. The molecule has 0 rings (SSSR count). The van der Waals surface area contributed by atoms with Gasteiger partial charge in [-0.1, -0.05) is 26.3 Å². The highest BCUT2D eigenvalue weighted by molar-refractivity contribution is 6.22. The summed E-state index contributed by atoms with van der Waals surface area (Å²) in [6.45, 7) is 4.01. The maximum atomic E-state index is 10.1. The molecule has 2 atom stereocenters. The Bertz CT molecular complexity index is 154. The number of alkyl halides is 1. The van der Waals surface area contributed by atoms with Gasteiger partial charge in [0, 0.05) is 6.08 Å². The van der Waals surface area contributed by atoms with Crippen molar-refractivity contribution >= 4 is 17.6 Å². The summed E-state index contributed by atoms with van der Waals surface area (Å²) in [4.78, 5) is 10.1. The standard InChI is InChI=1S/C8H13ClO2/c1-3-6(2)7(9)4-5-8(10)11/h4-7H,3H2,1-2H3,(H,10,11). The number of hydrogen-bond donors (Lipinski definition) is 1. The van der Waals surface area contributed by atoms with Gasteiger partial charge in [0.15, 0.2) is 0 Å². The second kappa shape index (κ2) is 5.19. The van der Waals surface area contributed by atoms with Crippen LogP contribution in [0.25, 0.3) is 0 Å². The van der Waals surface area contributed by atoms with Gasteiger partial charge in [0.1, 0.15) is 0 Å². The van der Waals surface area contributed by atoms with E-state index < -0.39 is 5.97 Å². The van der Waals surface area contributed by atoms with Gasteiger partial charge in [0.05, 0.1) is 5.38 Å². The first kappa shape index (κ1) is 10.5. The van der Waals surface area contributed by atoms with Crippen LogP contribution in [0.1, 0.15) is 20.3 Å². The van der Waals surface area contributed by atoms with Crippen LogP contribution in [0.4, 0.5) is 0 Å². The van der Waals surface area contributed by atoms with Gasteiger partial charge in [-0.25, -0.2) is 4.79 Å². The van der Waals surface area contributed by atoms with E-state index in [9.17, 15) is 4.79 Å². The van der Waals surface area contributed by atoms with Crippen LogP contribution in [-0.4, -0.2) is 16.5 Å². The Morgan fingerprint density at radius 2 is 2.27 bits per heavy atom. The van der Waals surface area contributed by atoms with E-state index in [1.807, 2.05) is 13.8 Å². The summed E-state index contributed by atoms with van der Waals surface area (Å²) >= 11 is 5.83. The molecule has 0 aliphatic rings. The van der Waals surface area contributed by atoms with E-state index in [4.69, 9.17) is 16.7 Å². The molecule has 0 aromatic carbocycles. The Morgan fingerprint density at radius 1 is 1.73 bits per heavy atom. The third kappa shape index (κ3) is 4.85. The van der Waals surface area contributed by atoms with E-state index in [1.54, 1.807) is 0 Å². The highest BCUT2D eigenvalue weighted by atomic mass is 35.5. The second-order valence-corrected chi connectivity index (χ2v) is 3.03. The Hall–Kier alpha value is -0.500. The minimum atomic E-state index is -0.945. The first-order valence-corrected chi connectivity index (χ1v) is 4.06. The summed E-state index contributed by atoms with van der Waals surface area (Å²) in [5.74, 6) is -0.619. The summed E-state index contributed by atoms with van der Waals surface area (Å²) in [5.41, 5.74) is 0. The highest BCUT2D eigenvalue weighted by Gasteiger charge is 2.08. The van der Waals surface area contributed by atoms with Gasteiger partial charge >= 0.3 is 5.97 Å². The van der Waals surface area contributed by atoms with Crippen molar-refractivity contribution in [2.45, 2.75) is 25.6 Å². The van der Waals surface area contributed by atoms with Gasteiger partial charge in [-0.15, -0.1) is 11.6 Å². The molecular formula is C8H13ClO2. The largest absolute Gasteiger partial charge is 0.478 e. The fourth-order valence-electron chi connectivity index (χ4n) is 0.589. The average Bonchev–Trinajstić information content (AvgIpc) is 1.98. The topological polar surface area (TPSA) is 37.3 Å². The van der Waals surface area contributed by atoms with E-state index in [2.05, 4.69) is 0 Å². The number of halogens is 1. The lowest BCUT2D eigenvalue weighted by Gasteiger charge is -2.10. The quantitative estimate of drug-likeness (QED) is 0.527. The number of allylic oxidation sites excluding steroid dienone is 1. The Morgan fingerprint density at radius 3 is 2.64 bits per heavy atom. The van der Waals surface area contributed by atoms with Gasteiger partial charge in [0.2, 0.25) is 0 Å². The molecule has 0 saturated carbocycles. The van der Waals surface area contributed by atoms with E-state index in [-0.39, 0.29) is 5.38 Å². The molecule has 0 radical (unpaired) electrons. The summed E-state index contributed by atoms with van der Waals surface area (Å²) in [6.07, 6.45) is 3.56. The minimum Gasteiger partial charge on any atom is -0.478 e. The number of carboxylic acid groups (broad SMARTS) is 1. The van der Waals surface area contributed by atoms with Crippen LogP contribution in [0, 0.1) is 5.92 Å². The summed E-state index contributed by atoms with van der Waals surface area (Å²) in [5, 5.41) is 8.10. The van der Waals surface area contributed by atoms with Gasteiger partial charge in [-0.3, -0.25) is 0 Å². The van der Waals surface area contributed by atoms with Crippen molar-refractivity contribution < 1.29 is 9.90 Å². The number of carboxylic acids is 1. The van der Waals surface area contributed by atoms with Crippen LogP contribution in [0.15, 0.2) is 12.2 Å². The molecular weight excluding hydrogens is 164 g/mol. The van der Waals surface area contributed by atoms with E-state index >= 15 is 0 Å². The molecule has 0 fully saturated rings. The highest BCUT2D eigenvalue weighted by Crippen LogP contribution is 2.14. The van der Waals surface area contributed by atoms with Crippen LogP contribution in [-0.2, 0) is 4.79 Å². The van der Waals surface area contributed by atoms with Crippen LogP contribution in [0.2, 0.25) is 0 Å². The Kier molecular flexibility index (Phi) is 4.95. The molecule has 0 aliphatic carbocycles. The predicted molar refractivity (Wildman–Crippen MR) is 45.9 cm³/mol. The molecule has 11 heavy (non-hydrogen) atoms. The monoisotopic (exact) mass is 176 g/mol. The smallest absolute Gasteiger partial charge is 0.328 e. The molecule has 0 heterocycles. The lowest BCUT2D eigenvalue weighted by atomic mass is 10.0. The maximum absolute atomic E-state index is 10.1. The summed E-state index contributed by atoms with van der Waals surface area (Å²) < 4.78 is 0. The molecule has 0 bridgehead atoms. The van der Waals surface area contributed by atoms with Crippen LogP contribution < -0.4 is 0 Å². The predicted octanol–water partition coefficient (Wildman–Crippen LogP) is 2.28. The van der Waals surface area contributed by atoms with Gasteiger partial charge in [-0.2, -0.15) is 0 Å². The zero-order valence-corrected chi connectivity index (χ0v) is 7.51. The molecule has 2 nitrogen and oxygen atoms in total. The van der Waals surface area contributed by atoms with Gasteiger partial charge < -0.3 is 5.11 Å². The van der Waals surface area contributed by atoms with Crippen molar-refractivity contribution in [3.8, 4) is 0 Å². The van der Waals surface area contributed by atoms with E-state index in [1.165, 1.54) is 6.08 Å². The van der Waals surface area contributed by atoms with Gasteiger partial charge in [0.25, 0.3) is 0 Å². The van der Waals surface area contributed by atoms with Crippen molar-refractivity contribution in [1.29, 1.82) is 0 Å². The molecule has 2 unspecified atom stereocenters. The van der Waals surface area contributed by atoms with Crippen LogP contribution in [0.3, 0.4) is 0 Å². The molecule has 3 heteroatoms. The van der Waals surface area contributed by atoms with Gasteiger partial charge in [-0.05, 0) is 5.92 Å². The van der Waals surface area contributed by atoms with Crippen LogP contribution >= 0.6 is 11.6 Å². The van der Waals surface area contributed by atoms with Crippen molar-refractivity contribution in [3.63, 3.8) is 0 Å². The normalized spacial score (nSPS) is 16.6. The lowest BCUT2D eigenvalue weighted by Crippen LogP contribution is -2.07. The lowest BCUT2D eigenvalue weighted by molar-refractivity contribution is -0.131. The maximum Gasteiger partial charge on any atom is 0.328 e. The zero-order valence-electron chi connectivity index (χ0n) is 6.75. The van der Waals surface area contributed by atoms with E-state index in [0.717, 1.165) is 12.5 Å². The fourth-order valence-corrected chi connectivity index (χ4v) is 0.840. The third-order valence-electron chi connectivity index (χ3n) is 1.61. The molecule has 0 aromatic heterocycles. The Labute approximate surface area is 71.9 Å². The molecule has 64 valence electrons. The molecule has 0 aliphatic heterocycles. The molecule has 0 saturated heterocycles. The third-order valence-corrected chi connectivity index (χ3v) is 2.19. The number of carbonyl (C=O) groups is 1. The molecule has 0 spiro atoms. The molecule has 0 aromatic rings.